The van der Waals surface area contributed by atoms with Crippen molar-refractivity contribution in [1.29, 1.82) is 0 Å². The second-order valence-corrected chi connectivity index (χ2v) is 6.11. The van der Waals surface area contributed by atoms with E-state index in [9.17, 15) is 18.8 Å². The van der Waals surface area contributed by atoms with Gasteiger partial charge in [-0.15, -0.1) is 0 Å². The molecule has 0 unspecified atom stereocenters. The molecule has 28 heavy (non-hydrogen) atoms. The van der Waals surface area contributed by atoms with Crippen LogP contribution >= 0.6 is 0 Å². The number of ether oxygens (including phenoxy) is 2. The van der Waals surface area contributed by atoms with Crippen LogP contribution in [0.4, 0.5) is 4.39 Å². The molecule has 0 aliphatic rings. The van der Waals surface area contributed by atoms with Crippen molar-refractivity contribution in [3.8, 4) is 5.75 Å². The number of hydrogen-bond acceptors (Lipinski definition) is 5. The van der Waals surface area contributed by atoms with Gasteiger partial charge in [-0.1, -0.05) is 18.2 Å². The number of ketones is 1. The highest BCUT2D eigenvalue weighted by molar-refractivity contribution is 5.94. The van der Waals surface area contributed by atoms with Gasteiger partial charge in [0.15, 0.2) is 12.4 Å². The Hall–Kier alpha value is -3.22. The van der Waals surface area contributed by atoms with Crippen LogP contribution < -0.4 is 10.1 Å². The molecule has 7 heteroatoms. The number of nitrogens with one attached hydrogen (secondary N) is 1. The second kappa shape index (κ2) is 10.2. The zero-order chi connectivity index (χ0) is 20.5. The lowest BCUT2D eigenvalue weighted by atomic mass is 10.0. The fourth-order valence-corrected chi connectivity index (χ4v) is 2.58. The molecule has 1 N–H and O–H groups in total. The van der Waals surface area contributed by atoms with Gasteiger partial charge < -0.3 is 14.8 Å². The van der Waals surface area contributed by atoms with E-state index in [1.165, 1.54) is 20.1 Å². The van der Waals surface area contributed by atoms with Gasteiger partial charge in [0, 0.05) is 17.7 Å². The lowest BCUT2D eigenvalue weighted by Gasteiger charge is -2.10. The summed E-state index contributed by atoms with van der Waals surface area (Å²) in [6.45, 7) is 1.21. The SMILES string of the molecule is COc1ccc(C(C)=O)cc1CC(=O)OCC(=O)NCCc1ccccc1F. The number of halogens is 1. The van der Waals surface area contributed by atoms with Crippen molar-refractivity contribution in [1.82, 2.24) is 5.32 Å². The number of Topliss-reactive ketones (excluding diaryl/α,β-unsaturated/α-hetero) is 1. The summed E-state index contributed by atoms with van der Waals surface area (Å²) in [5, 5.41) is 2.57. The lowest BCUT2D eigenvalue weighted by molar-refractivity contribution is -0.147. The van der Waals surface area contributed by atoms with E-state index in [2.05, 4.69) is 5.32 Å². The van der Waals surface area contributed by atoms with Crippen LogP contribution in [0, 0.1) is 5.82 Å². The fraction of sp³-hybridized carbons (Fsp3) is 0.286. The summed E-state index contributed by atoms with van der Waals surface area (Å²) in [5.41, 5.74) is 1.45. The summed E-state index contributed by atoms with van der Waals surface area (Å²) in [4.78, 5) is 35.3. The smallest absolute Gasteiger partial charge is 0.310 e. The van der Waals surface area contributed by atoms with Gasteiger partial charge in [-0.3, -0.25) is 14.4 Å². The second-order valence-electron chi connectivity index (χ2n) is 6.11. The number of esters is 1. The van der Waals surface area contributed by atoms with E-state index in [1.54, 1.807) is 36.4 Å². The Balaban J connectivity index is 1.80. The summed E-state index contributed by atoms with van der Waals surface area (Å²) in [6, 6.07) is 11.1. The normalized spacial score (nSPS) is 10.2. The molecule has 0 saturated carbocycles. The monoisotopic (exact) mass is 387 g/mol. The van der Waals surface area contributed by atoms with Crippen molar-refractivity contribution in [2.24, 2.45) is 0 Å². The molecule has 0 bridgehead atoms. The summed E-state index contributed by atoms with van der Waals surface area (Å²) < 4.78 is 23.7. The average molecular weight is 387 g/mol. The summed E-state index contributed by atoms with van der Waals surface area (Å²) >= 11 is 0. The standard InChI is InChI=1S/C21H22FNO5/c1-14(24)16-7-8-19(27-2)17(11-16)12-21(26)28-13-20(25)23-10-9-15-5-3-4-6-18(15)22/h3-8,11H,9-10,12-13H2,1-2H3,(H,23,25). The van der Waals surface area contributed by atoms with Crippen molar-refractivity contribution in [2.45, 2.75) is 19.8 Å². The minimum Gasteiger partial charge on any atom is -0.496 e. The first-order chi connectivity index (χ1) is 13.4. The maximum atomic E-state index is 13.5. The Labute approximate surface area is 162 Å². The Morgan fingerprint density at radius 2 is 1.82 bits per heavy atom. The van der Waals surface area contributed by atoms with Gasteiger partial charge in [0.2, 0.25) is 0 Å². The molecule has 0 spiro atoms. The molecule has 0 atom stereocenters. The van der Waals surface area contributed by atoms with E-state index in [0.717, 1.165) is 0 Å². The zero-order valence-corrected chi connectivity index (χ0v) is 15.8. The minimum atomic E-state index is -0.622. The molecule has 0 radical (unpaired) electrons. The van der Waals surface area contributed by atoms with Crippen LogP contribution in [0.15, 0.2) is 42.5 Å². The molecule has 0 aliphatic carbocycles. The molecular weight excluding hydrogens is 365 g/mol. The Kier molecular flexibility index (Phi) is 7.68. The Morgan fingerprint density at radius 3 is 2.50 bits per heavy atom. The van der Waals surface area contributed by atoms with E-state index in [-0.39, 0.29) is 24.6 Å². The highest BCUT2D eigenvalue weighted by atomic mass is 19.1. The van der Waals surface area contributed by atoms with E-state index in [0.29, 0.717) is 28.9 Å². The lowest BCUT2D eigenvalue weighted by Crippen LogP contribution is -2.30. The maximum Gasteiger partial charge on any atom is 0.310 e. The quantitative estimate of drug-likeness (QED) is 0.528. The zero-order valence-electron chi connectivity index (χ0n) is 15.8. The van der Waals surface area contributed by atoms with E-state index < -0.39 is 18.5 Å². The van der Waals surface area contributed by atoms with Crippen LogP contribution in [0.25, 0.3) is 0 Å². The molecule has 0 heterocycles. The number of rotatable bonds is 9. The average Bonchev–Trinajstić information content (AvgIpc) is 2.67. The highest BCUT2D eigenvalue weighted by Crippen LogP contribution is 2.21. The van der Waals surface area contributed by atoms with Gasteiger partial charge in [0.25, 0.3) is 5.91 Å². The van der Waals surface area contributed by atoms with Crippen LogP contribution in [0.2, 0.25) is 0 Å². The first-order valence-electron chi connectivity index (χ1n) is 8.74. The summed E-state index contributed by atoms with van der Waals surface area (Å²) in [6.07, 6.45) is 0.203. The van der Waals surface area contributed by atoms with Crippen molar-refractivity contribution in [3.05, 3.63) is 65.0 Å². The highest BCUT2D eigenvalue weighted by Gasteiger charge is 2.14. The number of amides is 1. The van der Waals surface area contributed by atoms with Crippen LogP contribution in [0.3, 0.4) is 0 Å². The molecule has 0 aliphatic heterocycles. The third-order valence-electron chi connectivity index (χ3n) is 4.06. The topological polar surface area (TPSA) is 81.7 Å². The van der Waals surface area contributed by atoms with Crippen molar-refractivity contribution in [2.75, 3.05) is 20.3 Å². The molecule has 2 rings (SSSR count). The molecule has 0 aromatic heterocycles. The molecule has 0 fully saturated rings. The van der Waals surface area contributed by atoms with Gasteiger partial charge in [0.05, 0.1) is 13.5 Å². The number of benzene rings is 2. The van der Waals surface area contributed by atoms with Crippen LogP contribution in [0.1, 0.15) is 28.4 Å². The number of carbonyl (C=O) groups excluding carboxylic acids is 3. The van der Waals surface area contributed by atoms with Gasteiger partial charge in [-0.25, -0.2) is 4.39 Å². The van der Waals surface area contributed by atoms with Crippen molar-refractivity contribution < 1.29 is 28.2 Å². The van der Waals surface area contributed by atoms with Gasteiger partial charge in [-0.05, 0) is 43.2 Å². The van der Waals surface area contributed by atoms with E-state index in [4.69, 9.17) is 9.47 Å². The first kappa shape index (κ1) is 21.1. The van der Waals surface area contributed by atoms with Crippen LogP contribution in [0.5, 0.6) is 5.75 Å². The predicted octanol–water partition coefficient (Wildman–Crippen LogP) is 2.48. The molecule has 1 amide bonds. The summed E-state index contributed by atoms with van der Waals surface area (Å²) in [5.74, 6) is -1.11. The van der Waals surface area contributed by atoms with E-state index in [1.807, 2.05) is 0 Å². The van der Waals surface area contributed by atoms with Crippen LogP contribution in [-0.4, -0.2) is 37.9 Å². The number of methoxy groups -OCH3 is 1. The Morgan fingerprint density at radius 1 is 1.07 bits per heavy atom. The fourth-order valence-electron chi connectivity index (χ4n) is 2.58. The third-order valence-corrected chi connectivity index (χ3v) is 4.06. The van der Waals surface area contributed by atoms with Crippen LogP contribution in [-0.2, 0) is 27.2 Å². The van der Waals surface area contributed by atoms with Gasteiger partial charge >= 0.3 is 5.97 Å². The molecule has 2 aromatic rings. The largest absolute Gasteiger partial charge is 0.496 e. The minimum absolute atomic E-state index is 0.132. The molecule has 148 valence electrons. The maximum absolute atomic E-state index is 13.5. The van der Waals surface area contributed by atoms with Crippen molar-refractivity contribution in [3.63, 3.8) is 0 Å². The van der Waals surface area contributed by atoms with Crippen molar-refractivity contribution >= 4 is 17.7 Å². The molecule has 6 nitrogen and oxygen atoms in total. The van der Waals surface area contributed by atoms with E-state index >= 15 is 0 Å². The third kappa shape index (κ3) is 6.19. The van der Waals surface area contributed by atoms with Gasteiger partial charge in [0.1, 0.15) is 11.6 Å². The predicted molar refractivity (Wildman–Crippen MR) is 101 cm³/mol. The summed E-state index contributed by atoms with van der Waals surface area (Å²) in [7, 11) is 1.46. The van der Waals surface area contributed by atoms with Gasteiger partial charge in [-0.2, -0.15) is 0 Å². The first-order valence-corrected chi connectivity index (χ1v) is 8.74. The molecule has 0 saturated heterocycles. The molecule has 2 aromatic carbocycles. The Bertz CT molecular complexity index is 866. The number of carbonyl (C=O) groups is 3. The number of hydrogen-bond donors (Lipinski definition) is 1. The molecular formula is C21H22FNO5.